The molecule has 1 aliphatic rings. The number of thiazole rings is 1. The minimum atomic E-state index is 0.195. The Balaban J connectivity index is 1.94. The topological polar surface area (TPSA) is 48.7 Å². The Morgan fingerprint density at radius 1 is 1.67 bits per heavy atom. The van der Waals surface area contributed by atoms with E-state index >= 15 is 0 Å². The summed E-state index contributed by atoms with van der Waals surface area (Å²) in [6.07, 6.45) is 5.24. The highest BCUT2D eigenvalue weighted by atomic mass is 32.1. The van der Waals surface area contributed by atoms with Gasteiger partial charge < -0.3 is 5.32 Å². The van der Waals surface area contributed by atoms with Crippen molar-refractivity contribution in [2.75, 3.05) is 0 Å². The fraction of sp³-hybridized carbons (Fsp3) is 0.636. The maximum absolute atomic E-state index is 8.98. The van der Waals surface area contributed by atoms with Crippen molar-refractivity contribution in [3.63, 3.8) is 0 Å². The van der Waals surface area contributed by atoms with Crippen LogP contribution in [-0.4, -0.2) is 11.0 Å². The molecule has 1 N–H and O–H groups in total. The Kier molecular flexibility index (Phi) is 3.34. The second-order valence-corrected chi connectivity index (χ2v) is 4.98. The van der Waals surface area contributed by atoms with Crippen LogP contribution in [0.2, 0.25) is 0 Å². The van der Waals surface area contributed by atoms with E-state index in [0.29, 0.717) is 12.1 Å². The quantitative estimate of drug-likeness (QED) is 0.853. The molecule has 0 spiro atoms. The molecule has 1 heterocycles. The van der Waals surface area contributed by atoms with Crippen LogP contribution in [0.3, 0.4) is 0 Å². The summed E-state index contributed by atoms with van der Waals surface area (Å²) in [4.78, 5) is 5.32. The van der Waals surface area contributed by atoms with E-state index in [2.05, 4.69) is 23.3 Å². The van der Waals surface area contributed by atoms with Gasteiger partial charge >= 0.3 is 0 Å². The van der Waals surface area contributed by atoms with Crippen molar-refractivity contribution in [2.45, 2.75) is 38.3 Å². The Labute approximate surface area is 94.1 Å². The number of nitriles is 1. The minimum absolute atomic E-state index is 0.195. The van der Waals surface area contributed by atoms with Gasteiger partial charge in [0, 0.05) is 23.2 Å². The second-order valence-electron chi connectivity index (χ2n) is 4.07. The number of rotatable bonds is 3. The van der Waals surface area contributed by atoms with Crippen molar-refractivity contribution in [1.82, 2.24) is 10.3 Å². The van der Waals surface area contributed by atoms with Gasteiger partial charge in [0.15, 0.2) is 0 Å². The van der Waals surface area contributed by atoms with E-state index in [1.807, 2.05) is 11.7 Å². The SMILES string of the molecule is CC(NC1CCCC1C#N)c1cncs1. The van der Waals surface area contributed by atoms with Gasteiger partial charge in [0.1, 0.15) is 0 Å². The summed E-state index contributed by atoms with van der Waals surface area (Å²) < 4.78 is 0. The first kappa shape index (κ1) is 10.6. The second kappa shape index (κ2) is 4.73. The van der Waals surface area contributed by atoms with Crippen LogP contribution in [0.4, 0.5) is 0 Å². The van der Waals surface area contributed by atoms with Crippen LogP contribution in [0.25, 0.3) is 0 Å². The molecule has 1 fully saturated rings. The number of aromatic nitrogens is 1. The van der Waals surface area contributed by atoms with E-state index in [1.165, 1.54) is 11.3 Å². The molecule has 80 valence electrons. The van der Waals surface area contributed by atoms with E-state index in [4.69, 9.17) is 5.26 Å². The fourth-order valence-electron chi connectivity index (χ4n) is 2.16. The van der Waals surface area contributed by atoms with E-state index < -0.39 is 0 Å². The molecule has 3 nitrogen and oxygen atoms in total. The van der Waals surface area contributed by atoms with Crippen LogP contribution in [-0.2, 0) is 0 Å². The van der Waals surface area contributed by atoms with E-state index in [-0.39, 0.29) is 5.92 Å². The smallest absolute Gasteiger partial charge is 0.0794 e. The standard InChI is InChI=1S/C11H15N3S/c1-8(11-6-13-7-15-11)14-10-4-2-3-9(10)5-12/h6-10,14H,2-4H2,1H3. The highest BCUT2D eigenvalue weighted by Crippen LogP contribution is 2.27. The monoisotopic (exact) mass is 221 g/mol. The maximum Gasteiger partial charge on any atom is 0.0794 e. The van der Waals surface area contributed by atoms with Crippen LogP contribution in [0.1, 0.15) is 37.1 Å². The van der Waals surface area contributed by atoms with Gasteiger partial charge in [-0.25, -0.2) is 0 Å². The highest BCUT2D eigenvalue weighted by Gasteiger charge is 2.28. The Bertz CT molecular complexity index is 341. The third kappa shape index (κ3) is 2.36. The van der Waals surface area contributed by atoms with Crippen molar-refractivity contribution in [2.24, 2.45) is 5.92 Å². The third-order valence-electron chi connectivity index (χ3n) is 3.02. The van der Waals surface area contributed by atoms with Crippen molar-refractivity contribution in [3.05, 3.63) is 16.6 Å². The zero-order valence-corrected chi connectivity index (χ0v) is 9.63. The molecule has 4 heteroatoms. The van der Waals surface area contributed by atoms with Crippen LogP contribution in [0, 0.1) is 17.2 Å². The number of hydrogen-bond acceptors (Lipinski definition) is 4. The number of nitrogens with one attached hydrogen (secondary N) is 1. The summed E-state index contributed by atoms with van der Waals surface area (Å²) >= 11 is 1.67. The number of nitrogens with zero attached hydrogens (tertiary/aromatic N) is 2. The molecule has 0 amide bonds. The molecule has 3 atom stereocenters. The van der Waals surface area contributed by atoms with Gasteiger partial charge in [0.2, 0.25) is 0 Å². The predicted molar refractivity (Wildman–Crippen MR) is 60.4 cm³/mol. The van der Waals surface area contributed by atoms with Crippen LogP contribution in [0.15, 0.2) is 11.7 Å². The van der Waals surface area contributed by atoms with Crippen molar-refractivity contribution < 1.29 is 0 Å². The van der Waals surface area contributed by atoms with E-state index in [1.54, 1.807) is 11.3 Å². The van der Waals surface area contributed by atoms with Crippen molar-refractivity contribution in [1.29, 1.82) is 5.26 Å². The molecule has 3 unspecified atom stereocenters. The van der Waals surface area contributed by atoms with Gasteiger partial charge in [-0.2, -0.15) is 5.26 Å². The summed E-state index contributed by atoms with van der Waals surface area (Å²) in [6.45, 7) is 2.14. The molecule has 0 saturated heterocycles. The lowest BCUT2D eigenvalue weighted by Crippen LogP contribution is -2.33. The Morgan fingerprint density at radius 3 is 3.20 bits per heavy atom. The van der Waals surface area contributed by atoms with Crippen LogP contribution >= 0.6 is 11.3 Å². The van der Waals surface area contributed by atoms with Crippen molar-refractivity contribution in [3.8, 4) is 6.07 Å². The lowest BCUT2D eigenvalue weighted by Gasteiger charge is -2.20. The van der Waals surface area contributed by atoms with Gasteiger partial charge in [0.25, 0.3) is 0 Å². The average molecular weight is 221 g/mol. The molecule has 1 aromatic rings. The largest absolute Gasteiger partial charge is 0.305 e. The van der Waals surface area contributed by atoms with Gasteiger partial charge in [-0.1, -0.05) is 6.42 Å². The molecule has 15 heavy (non-hydrogen) atoms. The molecular weight excluding hydrogens is 206 g/mol. The summed E-state index contributed by atoms with van der Waals surface area (Å²) in [5.74, 6) is 0.195. The van der Waals surface area contributed by atoms with Gasteiger partial charge in [-0.15, -0.1) is 11.3 Å². The summed E-state index contributed by atoms with van der Waals surface area (Å²) in [5.41, 5.74) is 1.85. The highest BCUT2D eigenvalue weighted by molar-refractivity contribution is 7.09. The molecule has 2 rings (SSSR count). The van der Waals surface area contributed by atoms with Crippen molar-refractivity contribution >= 4 is 11.3 Å². The fourth-order valence-corrected chi connectivity index (χ4v) is 2.79. The molecule has 0 aromatic carbocycles. The molecular formula is C11H15N3S. The van der Waals surface area contributed by atoms with E-state index in [0.717, 1.165) is 12.8 Å². The Morgan fingerprint density at radius 2 is 2.53 bits per heavy atom. The maximum atomic E-state index is 8.98. The first-order chi connectivity index (χ1) is 7.31. The third-order valence-corrected chi connectivity index (χ3v) is 3.98. The predicted octanol–water partition coefficient (Wildman–Crippen LogP) is 2.49. The van der Waals surface area contributed by atoms with E-state index in [9.17, 15) is 0 Å². The van der Waals surface area contributed by atoms with Crippen LogP contribution in [0.5, 0.6) is 0 Å². The molecule has 1 aliphatic carbocycles. The molecule has 0 radical (unpaired) electrons. The van der Waals surface area contributed by atoms with Gasteiger partial charge in [0.05, 0.1) is 17.5 Å². The number of hydrogen-bond donors (Lipinski definition) is 1. The van der Waals surface area contributed by atoms with Gasteiger partial charge in [-0.05, 0) is 19.8 Å². The first-order valence-electron chi connectivity index (χ1n) is 5.35. The first-order valence-corrected chi connectivity index (χ1v) is 6.23. The lowest BCUT2D eigenvalue weighted by atomic mass is 10.0. The summed E-state index contributed by atoms with van der Waals surface area (Å²) in [6, 6.07) is 3.07. The molecule has 0 bridgehead atoms. The lowest BCUT2D eigenvalue weighted by molar-refractivity contribution is 0.420. The molecule has 1 saturated carbocycles. The average Bonchev–Trinajstić information content (AvgIpc) is 2.87. The normalized spacial score (nSPS) is 27.5. The zero-order valence-electron chi connectivity index (χ0n) is 8.81. The summed E-state index contributed by atoms with van der Waals surface area (Å²) in [5, 5.41) is 12.5. The Hall–Kier alpha value is -0.920. The molecule has 1 aromatic heterocycles. The zero-order chi connectivity index (χ0) is 10.7. The minimum Gasteiger partial charge on any atom is -0.305 e. The summed E-state index contributed by atoms with van der Waals surface area (Å²) in [7, 11) is 0. The van der Waals surface area contributed by atoms with Crippen LogP contribution < -0.4 is 5.32 Å². The van der Waals surface area contributed by atoms with Gasteiger partial charge in [-0.3, -0.25) is 4.98 Å². The molecule has 0 aliphatic heterocycles.